The van der Waals surface area contributed by atoms with Gasteiger partial charge in [0.2, 0.25) is 5.95 Å². The maximum Gasteiger partial charge on any atom is 0.332 e. The molecule has 0 saturated heterocycles. The van der Waals surface area contributed by atoms with E-state index in [0.717, 1.165) is 24.0 Å². The number of aromatic nitrogens is 4. The average Bonchev–Trinajstić information content (AvgIpc) is 2.86. The summed E-state index contributed by atoms with van der Waals surface area (Å²) in [6, 6.07) is 0. The predicted molar refractivity (Wildman–Crippen MR) is 83.9 cm³/mol. The van der Waals surface area contributed by atoms with Gasteiger partial charge in [-0.2, -0.15) is 4.98 Å². The summed E-state index contributed by atoms with van der Waals surface area (Å²) in [7, 11) is 4.90. The van der Waals surface area contributed by atoms with Crippen molar-refractivity contribution in [3.05, 3.63) is 20.8 Å². The van der Waals surface area contributed by atoms with Gasteiger partial charge in [-0.05, 0) is 6.42 Å². The van der Waals surface area contributed by atoms with Crippen LogP contribution in [0.25, 0.3) is 11.2 Å². The van der Waals surface area contributed by atoms with E-state index in [1.54, 1.807) is 14.1 Å². The van der Waals surface area contributed by atoms with Gasteiger partial charge in [-0.3, -0.25) is 13.9 Å². The second-order valence-electron chi connectivity index (χ2n) is 5.28. The fourth-order valence-electron chi connectivity index (χ4n) is 2.55. The van der Waals surface area contributed by atoms with E-state index >= 15 is 0 Å². The fraction of sp³-hybridized carbons (Fsp3) is 0.643. The van der Waals surface area contributed by atoms with Gasteiger partial charge in [-0.1, -0.05) is 26.2 Å². The Morgan fingerprint density at radius 1 is 1.10 bits per heavy atom. The highest BCUT2D eigenvalue weighted by Crippen LogP contribution is 2.16. The Labute approximate surface area is 123 Å². The standard InChI is InChI=1S/C14H23N5O2/c1-5-6-7-8-9-19-10-11(16-13(19)15-2)17(3)14(21)18(4)12(10)20/h5-9H2,1-4H3,(H,15,16). The fourth-order valence-corrected chi connectivity index (χ4v) is 2.55. The van der Waals surface area contributed by atoms with E-state index in [4.69, 9.17) is 0 Å². The normalized spacial score (nSPS) is 11.2. The number of aryl methyl sites for hydroxylation is 2. The van der Waals surface area contributed by atoms with Crippen LogP contribution in [-0.4, -0.2) is 25.7 Å². The Balaban J connectivity index is 2.58. The van der Waals surface area contributed by atoms with Crippen molar-refractivity contribution in [1.29, 1.82) is 0 Å². The number of rotatable bonds is 6. The maximum absolute atomic E-state index is 12.4. The van der Waals surface area contributed by atoms with Crippen molar-refractivity contribution in [1.82, 2.24) is 18.7 Å². The summed E-state index contributed by atoms with van der Waals surface area (Å²) in [5, 5.41) is 3.01. The van der Waals surface area contributed by atoms with Crippen LogP contribution in [0.3, 0.4) is 0 Å². The third-order valence-electron chi connectivity index (χ3n) is 3.81. The number of fused-ring (bicyclic) bond motifs is 1. The molecule has 7 nitrogen and oxygen atoms in total. The lowest BCUT2D eigenvalue weighted by Gasteiger charge is -2.08. The summed E-state index contributed by atoms with van der Waals surface area (Å²) in [6.45, 7) is 2.89. The van der Waals surface area contributed by atoms with Crippen molar-refractivity contribution in [2.45, 2.75) is 39.2 Å². The topological polar surface area (TPSA) is 73.8 Å². The number of hydrogen-bond acceptors (Lipinski definition) is 4. The van der Waals surface area contributed by atoms with Gasteiger partial charge < -0.3 is 9.88 Å². The number of unbranched alkanes of at least 4 members (excludes halogenated alkanes) is 3. The third kappa shape index (κ3) is 2.59. The molecule has 1 N–H and O–H groups in total. The van der Waals surface area contributed by atoms with Crippen molar-refractivity contribution >= 4 is 17.1 Å². The molecule has 0 fully saturated rings. The van der Waals surface area contributed by atoms with Crippen molar-refractivity contribution in [2.24, 2.45) is 14.1 Å². The first kappa shape index (κ1) is 15.3. The van der Waals surface area contributed by atoms with Crippen molar-refractivity contribution in [2.75, 3.05) is 12.4 Å². The molecule has 2 aromatic rings. The number of imidazole rings is 1. The monoisotopic (exact) mass is 293 g/mol. The molecule has 21 heavy (non-hydrogen) atoms. The molecular formula is C14H23N5O2. The summed E-state index contributed by atoms with van der Waals surface area (Å²) < 4.78 is 4.43. The minimum Gasteiger partial charge on any atom is -0.359 e. The van der Waals surface area contributed by atoms with Gasteiger partial charge in [0.15, 0.2) is 11.2 Å². The van der Waals surface area contributed by atoms with Crippen LogP contribution in [0, 0.1) is 0 Å². The lowest BCUT2D eigenvalue weighted by atomic mass is 10.2. The summed E-state index contributed by atoms with van der Waals surface area (Å²) in [4.78, 5) is 28.8. The molecule has 0 spiro atoms. The Morgan fingerprint density at radius 3 is 2.43 bits per heavy atom. The zero-order chi connectivity index (χ0) is 15.6. The number of nitrogens with one attached hydrogen (secondary N) is 1. The molecule has 0 aliphatic heterocycles. The van der Waals surface area contributed by atoms with Crippen LogP contribution < -0.4 is 16.6 Å². The summed E-state index contributed by atoms with van der Waals surface area (Å²) in [5.74, 6) is 0.625. The average molecular weight is 293 g/mol. The first-order chi connectivity index (χ1) is 10.0. The summed E-state index contributed by atoms with van der Waals surface area (Å²) in [6.07, 6.45) is 4.45. The Hall–Kier alpha value is -2.05. The van der Waals surface area contributed by atoms with Gasteiger partial charge in [0.25, 0.3) is 5.56 Å². The SMILES string of the molecule is CCCCCCn1c(NC)nc2c1c(=O)n(C)c(=O)n2C. The quantitative estimate of drug-likeness (QED) is 0.808. The molecule has 2 heterocycles. The van der Waals surface area contributed by atoms with E-state index in [1.807, 2.05) is 4.57 Å². The zero-order valence-corrected chi connectivity index (χ0v) is 13.1. The molecule has 0 unspecified atom stereocenters. The van der Waals surface area contributed by atoms with E-state index in [1.165, 1.54) is 24.5 Å². The molecule has 0 amide bonds. The van der Waals surface area contributed by atoms with Crippen molar-refractivity contribution in [3.8, 4) is 0 Å². The second-order valence-corrected chi connectivity index (χ2v) is 5.28. The molecule has 2 rings (SSSR count). The Morgan fingerprint density at radius 2 is 1.81 bits per heavy atom. The number of hydrogen-bond donors (Lipinski definition) is 1. The molecule has 0 saturated carbocycles. The van der Waals surface area contributed by atoms with Crippen LogP contribution >= 0.6 is 0 Å². The van der Waals surface area contributed by atoms with Gasteiger partial charge in [0.05, 0.1) is 0 Å². The molecule has 0 aliphatic rings. The van der Waals surface area contributed by atoms with E-state index < -0.39 is 0 Å². The van der Waals surface area contributed by atoms with Crippen LogP contribution in [0.15, 0.2) is 9.59 Å². The highest BCUT2D eigenvalue weighted by molar-refractivity contribution is 5.74. The van der Waals surface area contributed by atoms with E-state index in [0.29, 0.717) is 17.1 Å². The van der Waals surface area contributed by atoms with Gasteiger partial charge in [0.1, 0.15) is 0 Å². The first-order valence-electron chi connectivity index (χ1n) is 7.36. The Kier molecular flexibility index (Phi) is 4.50. The molecule has 0 atom stereocenters. The molecule has 0 aliphatic carbocycles. The van der Waals surface area contributed by atoms with Crippen LogP contribution in [0.5, 0.6) is 0 Å². The highest BCUT2D eigenvalue weighted by atomic mass is 16.2. The smallest absolute Gasteiger partial charge is 0.332 e. The lowest BCUT2D eigenvalue weighted by Crippen LogP contribution is -2.37. The van der Waals surface area contributed by atoms with Gasteiger partial charge in [-0.25, -0.2) is 4.79 Å². The molecule has 0 aromatic carbocycles. The highest BCUT2D eigenvalue weighted by Gasteiger charge is 2.17. The molecular weight excluding hydrogens is 270 g/mol. The van der Waals surface area contributed by atoms with Crippen LogP contribution in [0.1, 0.15) is 32.6 Å². The largest absolute Gasteiger partial charge is 0.359 e. The van der Waals surface area contributed by atoms with Crippen LogP contribution in [0.4, 0.5) is 5.95 Å². The van der Waals surface area contributed by atoms with E-state index in [-0.39, 0.29) is 11.2 Å². The molecule has 0 bridgehead atoms. The Bertz CT molecular complexity index is 753. The van der Waals surface area contributed by atoms with Crippen LogP contribution in [0.2, 0.25) is 0 Å². The minimum atomic E-state index is -0.356. The van der Waals surface area contributed by atoms with Gasteiger partial charge in [0, 0.05) is 27.7 Å². The number of anilines is 1. The van der Waals surface area contributed by atoms with E-state index in [9.17, 15) is 9.59 Å². The molecule has 2 aromatic heterocycles. The van der Waals surface area contributed by atoms with Gasteiger partial charge >= 0.3 is 5.69 Å². The number of nitrogens with zero attached hydrogens (tertiary/aromatic N) is 4. The van der Waals surface area contributed by atoms with Crippen molar-refractivity contribution in [3.63, 3.8) is 0 Å². The lowest BCUT2D eigenvalue weighted by molar-refractivity contribution is 0.591. The van der Waals surface area contributed by atoms with Gasteiger partial charge in [-0.15, -0.1) is 0 Å². The van der Waals surface area contributed by atoms with E-state index in [2.05, 4.69) is 17.2 Å². The molecule has 7 heteroatoms. The zero-order valence-electron chi connectivity index (χ0n) is 13.1. The maximum atomic E-state index is 12.4. The third-order valence-corrected chi connectivity index (χ3v) is 3.81. The van der Waals surface area contributed by atoms with Crippen molar-refractivity contribution < 1.29 is 0 Å². The first-order valence-corrected chi connectivity index (χ1v) is 7.36. The summed E-state index contributed by atoms with van der Waals surface area (Å²) >= 11 is 0. The minimum absolute atomic E-state index is 0.294. The van der Waals surface area contributed by atoms with Crippen LogP contribution in [-0.2, 0) is 20.6 Å². The second kappa shape index (κ2) is 6.15. The molecule has 116 valence electrons. The molecule has 0 radical (unpaired) electrons. The summed E-state index contributed by atoms with van der Waals surface area (Å²) in [5.41, 5.74) is 0.270. The predicted octanol–water partition coefficient (Wildman–Crippen LogP) is 1.06.